The van der Waals surface area contributed by atoms with Crippen molar-refractivity contribution in [2.45, 2.75) is 181 Å². The maximum atomic E-state index is 9.42. The van der Waals surface area contributed by atoms with Crippen molar-refractivity contribution in [2.24, 2.45) is 0 Å². The molecule has 4 atom stereocenters. The van der Waals surface area contributed by atoms with Gasteiger partial charge in [-0.25, -0.2) is 0 Å². The number of unbranched alkanes of at least 4 members (excludes halogenated alkanes) is 3. The molecule has 8 rings (SSSR count). The molecule has 70 heavy (non-hydrogen) atoms. The van der Waals surface area contributed by atoms with Crippen LogP contribution in [0.5, 0.6) is 0 Å². The van der Waals surface area contributed by atoms with Crippen LogP contribution in [0.15, 0.2) is 95.1 Å². The molecule has 0 radical (unpaired) electrons. The fourth-order valence-corrected chi connectivity index (χ4v) is 133. The SMILES string of the molecule is CC[SiH2][Zr]([Cl])([Cl])([CH2]CCCC[CH2][Zr]([Cl])([Cl])([SiH2]CC)([CH]1C(C)=Cc2c(C(C)C)cccc21)[CH]1C(C)=Cc2c(C(C)C)cccc21)([CH]1C(C)=Cc2c(C(C)C)cccc21)[CH]1C(C)=Cc2c(C(C)C)cccc21. The summed E-state index contributed by atoms with van der Waals surface area (Å²) in [6.45, 7) is 31.0. The molecule has 0 N–H and O–H groups in total. The van der Waals surface area contributed by atoms with Gasteiger partial charge in [-0.3, -0.25) is 0 Å². The van der Waals surface area contributed by atoms with Gasteiger partial charge in [0, 0.05) is 0 Å². The monoisotopic (exact) mass is 1210 g/mol. The maximum absolute atomic E-state index is 9.42. The Kier molecular flexibility index (Phi) is 15.1. The first-order valence-corrected chi connectivity index (χ1v) is 63.3. The summed E-state index contributed by atoms with van der Waals surface area (Å²) in [4.78, 5) is 0. The van der Waals surface area contributed by atoms with Gasteiger partial charge in [0.05, 0.1) is 0 Å². The summed E-state index contributed by atoms with van der Waals surface area (Å²) in [5, 5.41) is 0. The first-order valence-electron chi connectivity index (χ1n) is 27.6. The molecule has 0 amide bonds. The van der Waals surface area contributed by atoms with E-state index in [4.69, 9.17) is 0 Å². The van der Waals surface area contributed by atoms with E-state index in [0.717, 1.165) is 46.0 Å². The average molecular weight is 1210 g/mol. The zero-order valence-electron chi connectivity index (χ0n) is 45.4. The van der Waals surface area contributed by atoms with Crippen LogP contribution in [0.25, 0.3) is 24.3 Å². The minimum absolute atomic E-state index is 0.0731. The predicted octanol–water partition coefficient (Wildman–Crippen LogP) is 20.6. The summed E-state index contributed by atoms with van der Waals surface area (Å²) < 4.78 is 2.16. The van der Waals surface area contributed by atoms with Crippen LogP contribution in [-0.2, 0) is 28.1 Å². The molecule has 0 heterocycles. The second-order valence-electron chi connectivity index (χ2n) is 25.3. The summed E-state index contributed by atoms with van der Waals surface area (Å²) >= 11 is -11.3. The van der Waals surface area contributed by atoms with E-state index in [0.29, 0.717) is 23.7 Å². The second-order valence-corrected chi connectivity index (χ2v) is 130. The van der Waals surface area contributed by atoms with Crippen LogP contribution in [0.4, 0.5) is 0 Å². The van der Waals surface area contributed by atoms with E-state index in [1.165, 1.54) is 89.1 Å². The van der Waals surface area contributed by atoms with Crippen LogP contribution in [0.2, 0.25) is 20.3 Å². The summed E-state index contributed by atoms with van der Waals surface area (Å²) in [5.41, 5.74) is 22.4. The van der Waals surface area contributed by atoms with E-state index in [2.05, 4.69) is 194 Å². The first-order chi connectivity index (χ1) is 32.8. The van der Waals surface area contributed by atoms with Crippen LogP contribution < -0.4 is 0 Å². The predicted molar refractivity (Wildman–Crippen MR) is 317 cm³/mol. The molecule has 8 heteroatoms. The van der Waals surface area contributed by atoms with Crippen molar-refractivity contribution in [3.8, 4) is 0 Å². The fourth-order valence-electron chi connectivity index (χ4n) is 17.1. The zero-order chi connectivity index (χ0) is 51.1. The molecular formula is C62H86Cl4Si2Zr2. The van der Waals surface area contributed by atoms with Crippen molar-refractivity contribution in [1.82, 2.24) is 0 Å². The molecule has 4 unspecified atom stereocenters. The molecule has 0 spiro atoms. The Bertz CT molecular complexity index is 2530. The van der Waals surface area contributed by atoms with Gasteiger partial charge in [0.15, 0.2) is 0 Å². The molecule has 4 aromatic rings. The molecule has 4 aliphatic rings. The number of hydrogen-bond donors (Lipinski definition) is 0. The van der Waals surface area contributed by atoms with Crippen LogP contribution >= 0.6 is 34.1 Å². The van der Waals surface area contributed by atoms with E-state index in [9.17, 15) is 34.1 Å². The van der Waals surface area contributed by atoms with Crippen LogP contribution in [0.1, 0.15) is 228 Å². The van der Waals surface area contributed by atoms with Gasteiger partial charge < -0.3 is 0 Å². The fraction of sp³-hybridized carbons (Fsp3) is 0.484. The Hall–Kier alpha value is -0.800. The van der Waals surface area contributed by atoms with Gasteiger partial charge in [0.1, 0.15) is 0 Å². The van der Waals surface area contributed by atoms with E-state index < -0.39 is 41.4 Å². The molecular weight excluding hydrogens is 1130 g/mol. The standard InChI is InChI=1S/4C13H15.C6H12.2C2H7Si.4ClH.2Zr/c4*1-9(2)12-6-4-5-11-7-10(3)8-13(11)12;1-3-5-6-4-2;2*1-2-3;;;;;;/h4*4-9H,1-3H3;1-6H2;2*2-3H2,1H3;4*1H;;/q;;;;;;;;;;;2*+2/p-4. The Morgan fingerprint density at radius 2 is 0.614 bits per heavy atom. The molecule has 0 saturated carbocycles. The Morgan fingerprint density at radius 1 is 0.386 bits per heavy atom. The summed E-state index contributed by atoms with van der Waals surface area (Å²) in [6, 6.07) is 30.4. The van der Waals surface area contributed by atoms with Crippen molar-refractivity contribution in [2.75, 3.05) is 0 Å². The van der Waals surface area contributed by atoms with Crippen molar-refractivity contribution >= 4 is 71.6 Å². The Morgan fingerprint density at radius 3 is 0.814 bits per heavy atom. The van der Waals surface area contributed by atoms with Crippen molar-refractivity contribution in [3.05, 3.63) is 162 Å². The molecule has 378 valence electrons. The first kappa shape index (κ1) is 55.4. The van der Waals surface area contributed by atoms with Gasteiger partial charge in [0.2, 0.25) is 0 Å². The molecule has 0 nitrogen and oxygen atoms in total. The number of benzene rings is 4. The van der Waals surface area contributed by atoms with Gasteiger partial charge in [0.25, 0.3) is 0 Å². The van der Waals surface area contributed by atoms with Crippen LogP contribution in [0, 0.1) is 0 Å². The summed E-state index contributed by atoms with van der Waals surface area (Å²) in [7, 11) is 37.7. The van der Waals surface area contributed by atoms with Crippen molar-refractivity contribution in [3.63, 3.8) is 0 Å². The van der Waals surface area contributed by atoms with Gasteiger partial charge in [-0.05, 0) is 0 Å². The van der Waals surface area contributed by atoms with E-state index in [1.54, 1.807) is 0 Å². The minimum atomic E-state index is -5.63. The Labute approximate surface area is 437 Å². The molecule has 4 aromatic carbocycles. The van der Waals surface area contributed by atoms with E-state index >= 15 is 0 Å². The van der Waals surface area contributed by atoms with Crippen molar-refractivity contribution < 1.29 is 28.1 Å². The quantitative estimate of drug-likeness (QED) is 0.0648. The number of fused-ring (bicyclic) bond motifs is 4. The summed E-state index contributed by atoms with van der Waals surface area (Å²) in [6.07, 6.45) is 14.2. The molecule has 0 aromatic heterocycles. The van der Waals surface area contributed by atoms with Gasteiger partial charge in [-0.1, -0.05) is 0 Å². The van der Waals surface area contributed by atoms with Gasteiger partial charge in [-0.2, -0.15) is 0 Å². The number of rotatable bonds is 19. The molecule has 0 bridgehead atoms. The molecule has 0 fully saturated rings. The zero-order valence-corrected chi connectivity index (χ0v) is 56.2. The van der Waals surface area contributed by atoms with E-state index in [1.807, 2.05) is 0 Å². The average Bonchev–Trinajstić information content (AvgIpc) is 4.03. The molecule has 4 aliphatic carbocycles. The van der Waals surface area contributed by atoms with Gasteiger partial charge in [-0.15, -0.1) is 0 Å². The summed E-state index contributed by atoms with van der Waals surface area (Å²) in [5.74, 6) is 1.66. The van der Waals surface area contributed by atoms with E-state index in [-0.39, 0.29) is 14.5 Å². The third kappa shape index (κ3) is 8.49. The third-order valence-electron chi connectivity index (χ3n) is 19.1. The number of halogens is 4. The van der Waals surface area contributed by atoms with Crippen LogP contribution in [0.3, 0.4) is 0 Å². The van der Waals surface area contributed by atoms with Gasteiger partial charge >= 0.3 is 443 Å². The molecule has 0 saturated heterocycles. The topological polar surface area (TPSA) is 0 Å². The Balaban J connectivity index is 1.22. The normalized spacial score (nSPS) is 22.1. The second kappa shape index (κ2) is 19.0. The van der Waals surface area contributed by atoms with Crippen LogP contribution in [-0.4, -0.2) is 13.3 Å². The number of allylic oxidation sites excluding steroid dienone is 4. The third-order valence-corrected chi connectivity index (χ3v) is 123. The number of hydrogen-bond acceptors (Lipinski definition) is 0. The van der Waals surface area contributed by atoms with Crippen molar-refractivity contribution in [1.29, 1.82) is 0 Å². The molecule has 0 aliphatic heterocycles.